The van der Waals surface area contributed by atoms with Crippen molar-refractivity contribution in [3.63, 3.8) is 0 Å². The first kappa shape index (κ1) is 97.4. The van der Waals surface area contributed by atoms with Crippen molar-refractivity contribution >= 4 is 137 Å². The molecule has 4 rings (SSSR count). The monoisotopic (exact) mass is 1680 g/mol. The van der Waals surface area contributed by atoms with Gasteiger partial charge in [-0.3, -0.25) is 96.1 Å². The Balaban J connectivity index is 1.48. The molecule has 1 aromatic rings. The highest BCUT2D eigenvalue weighted by Crippen LogP contribution is 2.23. The third-order valence-electron chi connectivity index (χ3n) is 18.7. The summed E-state index contributed by atoms with van der Waals surface area (Å²) in [6.45, 7) is -1.94. The smallest absolute Gasteiger partial charge is 0.327 e. The van der Waals surface area contributed by atoms with Crippen molar-refractivity contribution < 1.29 is 137 Å². The summed E-state index contributed by atoms with van der Waals surface area (Å²) in [5.41, 5.74) is 16.7. The molecular formula is C67H103N21O28S. The Morgan fingerprint density at radius 3 is 1.33 bits per heavy atom. The number of imidazole rings is 1. The zero-order valence-electron chi connectivity index (χ0n) is 63.9. The van der Waals surface area contributed by atoms with Gasteiger partial charge in [-0.2, -0.15) is 12.6 Å². The fraction of sp³-hybridized carbons (Fsp3) is 0.642. The van der Waals surface area contributed by atoms with E-state index in [2.05, 4.69) is 86.1 Å². The Morgan fingerprint density at radius 1 is 0.487 bits per heavy atom. The van der Waals surface area contributed by atoms with Gasteiger partial charge in [0, 0.05) is 69.5 Å². The number of nitrogens with zero attached hydrogens (tertiary/aromatic N) is 5. The number of nitrogens with two attached hydrogens (primary N) is 3. The maximum Gasteiger partial charge on any atom is 0.327 e. The van der Waals surface area contributed by atoms with Gasteiger partial charge in [0.1, 0.15) is 84.6 Å². The summed E-state index contributed by atoms with van der Waals surface area (Å²) in [6.07, 6.45) is -3.09. The second-order valence-corrected chi connectivity index (χ2v) is 28.1. The number of thiol groups is 1. The molecule has 4 heterocycles. The normalized spacial score (nSPS) is 17.8. The lowest BCUT2D eigenvalue weighted by Gasteiger charge is -2.32. The van der Waals surface area contributed by atoms with Crippen molar-refractivity contribution in [2.45, 2.75) is 201 Å². The molecule has 0 bridgehead atoms. The second kappa shape index (κ2) is 48.4. The third-order valence-corrected chi connectivity index (χ3v) is 19.0. The van der Waals surface area contributed by atoms with Gasteiger partial charge in [0.05, 0.1) is 45.7 Å². The van der Waals surface area contributed by atoms with Gasteiger partial charge >= 0.3 is 29.8 Å². The van der Waals surface area contributed by atoms with E-state index in [9.17, 15) is 137 Å². The molecule has 117 heavy (non-hydrogen) atoms. The molecule has 0 unspecified atom stereocenters. The van der Waals surface area contributed by atoms with Crippen LogP contribution in [0.15, 0.2) is 17.5 Å². The summed E-state index contributed by atoms with van der Waals surface area (Å²) in [4.78, 5) is 279. The molecule has 27 N–H and O–H groups in total. The quantitative estimate of drug-likeness (QED) is 0.0125. The summed E-state index contributed by atoms with van der Waals surface area (Å²) in [5.74, 6) is -24.9. The van der Waals surface area contributed by atoms with Gasteiger partial charge in [0.25, 0.3) is 0 Å². The van der Waals surface area contributed by atoms with Gasteiger partial charge in [-0.1, -0.05) is 13.8 Å². The number of carbonyl (C=O) groups excluding carboxylic acids is 15. The van der Waals surface area contributed by atoms with E-state index >= 15 is 0 Å². The number of carbonyl (C=O) groups is 20. The van der Waals surface area contributed by atoms with Crippen LogP contribution in [0.3, 0.4) is 0 Å². The van der Waals surface area contributed by atoms with Gasteiger partial charge < -0.3 is 142 Å². The molecule has 1 aromatic heterocycles. The molecule has 0 radical (unpaired) electrons. The van der Waals surface area contributed by atoms with E-state index in [-0.39, 0.29) is 82.8 Å². The van der Waals surface area contributed by atoms with Crippen LogP contribution in [0.5, 0.6) is 0 Å². The zero-order valence-corrected chi connectivity index (χ0v) is 64.8. The van der Waals surface area contributed by atoms with Gasteiger partial charge in [0.15, 0.2) is 5.96 Å². The number of aromatic amines is 1. The minimum Gasteiger partial charge on any atom is -0.481 e. The lowest BCUT2D eigenvalue weighted by atomic mass is 10.0. The summed E-state index contributed by atoms with van der Waals surface area (Å²) in [6, 6.07) is -22.8. The van der Waals surface area contributed by atoms with Crippen LogP contribution in [-0.4, -0.2) is 339 Å². The van der Waals surface area contributed by atoms with Crippen LogP contribution in [0, 0.1) is 5.92 Å². The van der Waals surface area contributed by atoms with Gasteiger partial charge in [-0.15, -0.1) is 0 Å². The summed E-state index contributed by atoms with van der Waals surface area (Å²) in [7, 11) is 0. The minimum absolute atomic E-state index is 0.00293. The van der Waals surface area contributed by atoms with Crippen LogP contribution < -0.4 is 81.0 Å². The third kappa shape index (κ3) is 31.7. The van der Waals surface area contributed by atoms with Crippen molar-refractivity contribution in [3.05, 3.63) is 18.2 Å². The Morgan fingerprint density at radius 2 is 0.889 bits per heavy atom. The number of guanidine groups is 1. The van der Waals surface area contributed by atoms with Crippen molar-refractivity contribution in [1.29, 1.82) is 0 Å². The number of amides is 15. The largest absolute Gasteiger partial charge is 0.481 e. The number of aliphatic hydroxyl groups excluding tert-OH is 3. The molecule has 0 spiro atoms. The molecule has 50 heteroatoms. The average molecular weight is 1680 g/mol. The van der Waals surface area contributed by atoms with Crippen LogP contribution in [0.2, 0.25) is 0 Å². The number of aliphatic carboxylic acids is 5. The molecule has 49 nitrogen and oxygen atoms in total. The lowest BCUT2D eigenvalue weighted by Crippen LogP contribution is -2.60. The molecule has 3 aliphatic heterocycles. The maximum absolute atomic E-state index is 14.4. The Labute approximate surface area is 672 Å². The fourth-order valence-corrected chi connectivity index (χ4v) is 12.6. The number of hydrogen-bond acceptors (Lipinski definition) is 27. The van der Waals surface area contributed by atoms with Crippen molar-refractivity contribution in [3.8, 4) is 0 Å². The molecule has 0 aromatic carbocycles. The van der Waals surface area contributed by atoms with Gasteiger partial charge in [-0.25, -0.2) is 9.78 Å². The van der Waals surface area contributed by atoms with Gasteiger partial charge in [-0.05, 0) is 76.5 Å². The van der Waals surface area contributed by atoms with E-state index in [4.69, 9.17) is 17.2 Å². The van der Waals surface area contributed by atoms with Crippen molar-refractivity contribution in [2.24, 2.45) is 28.1 Å². The molecule has 3 fully saturated rings. The van der Waals surface area contributed by atoms with E-state index in [1.54, 1.807) is 13.8 Å². The summed E-state index contributed by atoms with van der Waals surface area (Å²) in [5, 5.41) is 105. The SMILES string of the molecule is CC(C)[C@H](NC(=O)[C@H](CCC(=O)O)NC(=O)[C@@H](N)CO)C(=O)N1CCC[C@H]1C(=O)NCC(=O)N1CCC[C@H]1C(=O)N[C@@H](CO)C(=O)N[C@@H](CCCN=C(N)N)C(=O)N[C@@H](CCC(=O)O)C(=O)N[C@@H](Cc1cnc[nH]1)C(=O)N[C@@H](CC(=O)O)C(=O)NCC(=O)N1CCC[C@H]1C(=O)N[C@@H](CCC(=O)O)C(=O)N[C@@H](CO)C(=O)N[C@@H](CS)C(=O)O. The van der Waals surface area contributed by atoms with E-state index in [0.717, 1.165) is 16.1 Å². The van der Waals surface area contributed by atoms with E-state index in [1.807, 2.05) is 5.32 Å². The van der Waals surface area contributed by atoms with Gasteiger partial charge in [0.2, 0.25) is 88.6 Å². The number of carboxylic acids is 5. The number of rotatable bonds is 50. The Kier molecular flexibility index (Phi) is 40.3. The van der Waals surface area contributed by atoms with Crippen LogP contribution in [0.4, 0.5) is 0 Å². The van der Waals surface area contributed by atoms with Crippen LogP contribution >= 0.6 is 12.6 Å². The van der Waals surface area contributed by atoms with E-state index in [1.165, 1.54) is 11.1 Å². The van der Waals surface area contributed by atoms with Crippen molar-refractivity contribution in [2.75, 3.05) is 64.8 Å². The molecule has 0 saturated carbocycles. The molecular weight excluding hydrogens is 1580 g/mol. The number of nitrogens with one attached hydrogen (secondary N) is 13. The van der Waals surface area contributed by atoms with Crippen molar-refractivity contribution in [1.82, 2.24) is 88.5 Å². The minimum atomic E-state index is -2.06. The van der Waals surface area contributed by atoms with Crippen LogP contribution in [0.1, 0.15) is 116 Å². The number of likely N-dealkylation sites (tertiary alicyclic amines) is 3. The number of aromatic nitrogens is 2. The number of hydrogen-bond donors (Lipinski definition) is 25. The second-order valence-electron chi connectivity index (χ2n) is 27.7. The highest BCUT2D eigenvalue weighted by Gasteiger charge is 2.44. The predicted molar refractivity (Wildman–Crippen MR) is 400 cm³/mol. The van der Waals surface area contributed by atoms with E-state index < -0.39 is 299 Å². The first-order valence-electron chi connectivity index (χ1n) is 37.1. The maximum atomic E-state index is 14.4. The summed E-state index contributed by atoms with van der Waals surface area (Å²) < 4.78 is 0. The average Bonchev–Trinajstić information content (AvgIpc) is 1.71. The standard InChI is InChI=1S/C67H103N21O28S/c1-31(2)52(85-58(107)37(13-16-50(98)99)76-53(102)33(68)26-89)65(114)88-20-6-8-43(88)62(111)74-25-47(93)87-19-5-10-45(87)64(113)83-41(28-91)60(109)77-34(7-3-17-72-67(69)70)55(104)78-35(11-14-48(94)95)56(105)80-38(21-32-23-71-30-75-32)59(108)81-39(22-51(100)101)54(103)73-24-46(92)86-18-4-9-44(86)63(112)79-36(12-15-49(96)97)57(106)82-40(27-90)61(110)84-42(29-117)66(115)116/h23,30-31,33-45,52,89-91,117H,3-22,24-29,68H2,1-2H3,(H,71,75)(H,73,103)(H,74,111)(H,76,102)(H,77,109)(H,78,104)(H,79,112)(H,80,105)(H,81,108)(H,82,106)(H,83,113)(H,84,110)(H,85,107)(H,94,95)(H,96,97)(H,98,99)(H,100,101)(H,115,116)(H4,69,70,72)/t33-,34-,35-,36-,37-,38-,39-,40-,41-,42-,43-,44-,45-,52-/m0/s1. The molecule has 14 atom stereocenters. The van der Waals surface area contributed by atoms with E-state index in [0.29, 0.717) is 6.42 Å². The fourth-order valence-electron chi connectivity index (χ4n) is 12.4. The van der Waals surface area contributed by atoms with Crippen LogP contribution in [-0.2, 0) is 102 Å². The highest BCUT2D eigenvalue weighted by atomic mass is 32.1. The summed E-state index contributed by atoms with van der Waals surface area (Å²) >= 11 is 3.83. The Hall–Kier alpha value is -11.9. The molecule has 3 aliphatic rings. The molecule has 15 amide bonds. The molecule has 3 saturated heterocycles. The topological polar surface area (TPSA) is 776 Å². The number of aliphatic hydroxyl groups is 3. The first-order valence-corrected chi connectivity index (χ1v) is 37.7. The first-order chi connectivity index (χ1) is 55.2. The number of carboxylic acid groups (broad SMARTS) is 5. The highest BCUT2D eigenvalue weighted by molar-refractivity contribution is 7.80. The zero-order chi connectivity index (χ0) is 87.5. The number of H-pyrrole nitrogens is 1. The number of aliphatic imine (C=N–C) groups is 1. The lowest BCUT2D eigenvalue weighted by molar-refractivity contribution is -0.144. The Bertz CT molecular complexity index is 3780. The molecule has 650 valence electrons. The predicted octanol–water partition coefficient (Wildman–Crippen LogP) is -11.9. The van der Waals surface area contributed by atoms with Crippen LogP contribution in [0.25, 0.3) is 0 Å². The molecule has 0 aliphatic carbocycles.